The smallest absolute Gasteiger partial charge is 0.316 e. The van der Waals surface area contributed by atoms with Gasteiger partial charge in [-0.15, -0.1) is 12.6 Å². The number of esters is 1. The third-order valence-corrected chi connectivity index (χ3v) is 1.29. The van der Waals surface area contributed by atoms with Crippen LogP contribution in [-0.2, 0) is 14.3 Å². The Labute approximate surface area is 74.7 Å². The fourth-order valence-electron chi connectivity index (χ4n) is 0.380. The van der Waals surface area contributed by atoms with Gasteiger partial charge in [-0.25, -0.2) is 0 Å². The van der Waals surface area contributed by atoms with E-state index in [4.69, 9.17) is 5.11 Å². The van der Waals surface area contributed by atoms with E-state index < -0.39 is 17.4 Å². The minimum atomic E-state index is -1.06. The zero-order valence-corrected chi connectivity index (χ0v) is 7.35. The highest BCUT2D eigenvalue weighted by Crippen LogP contribution is 2.03. The van der Waals surface area contributed by atoms with Gasteiger partial charge in [-0.3, -0.25) is 9.59 Å². The SMILES string of the molecule is O=C(O)CC(S)OC(=O)CS. The average molecular weight is 196 g/mol. The summed E-state index contributed by atoms with van der Waals surface area (Å²) >= 11 is 7.33. The van der Waals surface area contributed by atoms with Crippen LogP contribution in [0.1, 0.15) is 6.42 Å². The van der Waals surface area contributed by atoms with Gasteiger partial charge < -0.3 is 9.84 Å². The van der Waals surface area contributed by atoms with E-state index in [1.807, 2.05) is 0 Å². The Morgan fingerprint density at radius 2 is 2.09 bits per heavy atom. The number of aliphatic carboxylic acids is 1. The van der Waals surface area contributed by atoms with Crippen molar-refractivity contribution in [2.24, 2.45) is 0 Å². The fourth-order valence-corrected chi connectivity index (χ4v) is 0.728. The van der Waals surface area contributed by atoms with Gasteiger partial charge in [0.1, 0.15) is 0 Å². The summed E-state index contributed by atoms with van der Waals surface area (Å²) in [5.41, 5.74) is -0.882. The number of carboxylic acids is 1. The van der Waals surface area contributed by atoms with E-state index in [9.17, 15) is 9.59 Å². The number of ether oxygens (including phenoxy) is 1. The normalized spacial score (nSPS) is 12.2. The molecule has 0 aliphatic carbocycles. The lowest BCUT2D eigenvalue weighted by atomic mass is 10.5. The summed E-state index contributed by atoms with van der Waals surface area (Å²) in [6, 6.07) is 0. The van der Waals surface area contributed by atoms with Crippen molar-refractivity contribution in [1.82, 2.24) is 0 Å². The van der Waals surface area contributed by atoms with E-state index in [2.05, 4.69) is 30.0 Å². The van der Waals surface area contributed by atoms with Crippen LogP contribution in [0.5, 0.6) is 0 Å². The van der Waals surface area contributed by atoms with Gasteiger partial charge in [0.25, 0.3) is 0 Å². The van der Waals surface area contributed by atoms with Crippen LogP contribution in [0.25, 0.3) is 0 Å². The maximum absolute atomic E-state index is 10.5. The number of rotatable bonds is 4. The molecule has 0 spiro atoms. The summed E-state index contributed by atoms with van der Waals surface area (Å²) in [6.07, 6.45) is -0.303. The molecular weight excluding hydrogens is 188 g/mol. The van der Waals surface area contributed by atoms with Gasteiger partial charge >= 0.3 is 11.9 Å². The van der Waals surface area contributed by atoms with Gasteiger partial charge in [0, 0.05) is 0 Å². The van der Waals surface area contributed by atoms with Crippen molar-refractivity contribution >= 4 is 37.2 Å². The standard InChI is InChI=1S/C5H8O4S2/c6-3(7)1-5(11)9-4(8)2-10/h5,10-11H,1-2H2,(H,6,7). The second-order valence-electron chi connectivity index (χ2n) is 1.70. The van der Waals surface area contributed by atoms with E-state index in [0.717, 1.165) is 0 Å². The Morgan fingerprint density at radius 1 is 1.55 bits per heavy atom. The molecular formula is C5H8O4S2. The second-order valence-corrected chi connectivity index (χ2v) is 2.59. The van der Waals surface area contributed by atoms with Crippen LogP contribution >= 0.6 is 25.3 Å². The van der Waals surface area contributed by atoms with E-state index >= 15 is 0 Å². The predicted molar refractivity (Wildman–Crippen MR) is 45.0 cm³/mol. The van der Waals surface area contributed by atoms with E-state index in [1.165, 1.54) is 0 Å². The second kappa shape index (κ2) is 5.31. The molecule has 0 aromatic rings. The maximum atomic E-state index is 10.5. The van der Waals surface area contributed by atoms with Crippen molar-refractivity contribution in [1.29, 1.82) is 0 Å². The van der Waals surface area contributed by atoms with Crippen molar-refractivity contribution in [3.8, 4) is 0 Å². The van der Waals surface area contributed by atoms with Crippen molar-refractivity contribution in [3.63, 3.8) is 0 Å². The molecule has 6 heteroatoms. The number of hydrogen-bond acceptors (Lipinski definition) is 5. The molecule has 0 amide bonds. The summed E-state index contributed by atoms with van der Waals surface area (Å²) in [6.45, 7) is 0. The highest BCUT2D eigenvalue weighted by atomic mass is 32.1. The fraction of sp³-hybridized carbons (Fsp3) is 0.600. The average Bonchev–Trinajstić information content (AvgIpc) is 1.85. The van der Waals surface area contributed by atoms with E-state index in [1.54, 1.807) is 0 Å². The molecule has 1 atom stereocenters. The number of carbonyl (C=O) groups excluding carboxylic acids is 1. The molecule has 0 rings (SSSR count). The summed E-state index contributed by atoms with van der Waals surface area (Å²) < 4.78 is 4.48. The lowest BCUT2D eigenvalue weighted by Gasteiger charge is -2.07. The number of hydrogen-bond donors (Lipinski definition) is 3. The molecule has 0 heterocycles. The lowest BCUT2D eigenvalue weighted by molar-refractivity contribution is -0.145. The number of carbonyl (C=O) groups is 2. The monoisotopic (exact) mass is 196 g/mol. The van der Waals surface area contributed by atoms with Crippen molar-refractivity contribution in [2.45, 2.75) is 11.9 Å². The van der Waals surface area contributed by atoms with Crippen LogP contribution < -0.4 is 0 Å². The van der Waals surface area contributed by atoms with Crippen LogP contribution in [0.3, 0.4) is 0 Å². The van der Waals surface area contributed by atoms with Gasteiger partial charge in [-0.2, -0.15) is 12.6 Å². The highest BCUT2D eigenvalue weighted by Gasteiger charge is 2.11. The highest BCUT2D eigenvalue weighted by molar-refractivity contribution is 7.81. The molecule has 0 saturated carbocycles. The Morgan fingerprint density at radius 3 is 2.45 bits per heavy atom. The Hall–Kier alpha value is -0.360. The minimum Gasteiger partial charge on any atom is -0.481 e. The van der Waals surface area contributed by atoms with Crippen LogP contribution in [0.4, 0.5) is 0 Å². The van der Waals surface area contributed by atoms with Crippen LogP contribution in [0, 0.1) is 0 Å². The third kappa shape index (κ3) is 6.05. The Balaban J connectivity index is 3.60. The quantitative estimate of drug-likeness (QED) is 0.341. The van der Waals surface area contributed by atoms with Gasteiger partial charge in [0.15, 0.2) is 5.44 Å². The first kappa shape index (κ1) is 10.6. The molecule has 0 saturated heterocycles. The summed E-state index contributed by atoms with van der Waals surface area (Å²) in [5, 5.41) is 8.21. The van der Waals surface area contributed by atoms with Gasteiger partial charge in [-0.05, 0) is 0 Å². The molecule has 1 N–H and O–H groups in total. The molecule has 1 unspecified atom stereocenters. The molecule has 0 fully saturated rings. The van der Waals surface area contributed by atoms with Crippen LogP contribution in [0.2, 0.25) is 0 Å². The van der Waals surface area contributed by atoms with E-state index in [0.29, 0.717) is 0 Å². The minimum absolute atomic E-state index is 0.0727. The molecule has 0 aliphatic heterocycles. The zero-order valence-electron chi connectivity index (χ0n) is 5.56. The summed E-state index contributed by atoms with van der Waals surface area (Å²) in [4.78, 5) is 20.5. The molecule has 0 aromatic heterocycles. The van der Waals surface area contributed by atoms with E-state index in [-0.39, 0.29) is 12.2 Å². The van der Waals surface area contributed by atoms with Crippen molar-refractivity contribution < 1.29 is 19.4 Å². The van der Waals surface area contributed by atoms with Crippen LogP contribution in [-0.4, -0.2) is 28.2 Å². The molecule has 4 nitrogen and oxygen atoms in total. The largest absolute Gasteiger partial charge is 0.481 e. The first-order valence-corrected chi connectivity index (χ1v) is 3.91. The van der Waals surface area contributed by atoms with Crippen molar-refractivity contribution in [2.75, 3.05) is 5.75 Å². The van der Waals surface area contributed by atoms with Gasteiger partial charge in [-0.1, -0.05) is 0 Å². The topological polar surface area (TPSA) is 63.6 Å². The first-order valence-electron chi connectivity index (χ1n) is 2.76. The number of carboxylic acid groups (broad SMARTS) is 1. The predicted octanol–water partition coefficient (Wildman–Crippen LogP) is 0.190. The molecule has 64 valence electrons. The Kier molecular flexibility index (Phi) is 5.14. The van der Waals surface area contributed by atoms with Gasteiger partial charge in [0.05, 0.1) is 12.2 Å². The summed E-state index contributed by atoms with van der Waals surface area (Å²) in [5.74, 6) is -1.71. The lowest BCUT2D eigenvalue weighted by Crippen LogP contribution is -2.17. The molecule has 11 heavy (non-hydrogen) atoms. The third-order valence-electron chi connectivity index (χ3n) is 0.746. The van der Waals surface area contributed by atoms with Crippen LogP contribution in [0.15, 0.2) is 0 Å². The van der Waals surface area contributed by atoms with Crippen molar-refractivity contribution in [3.05, 3.63) is 0 Å². The molecule has 0 aliphatic rings. The molecule has 0 radical (unpaired) electrons. The molecule has 0 aromatic carbocycles. The maximum Gasteiger partial charge on any atom is 0.316 e. The first-order chi connectivity index (χ1) is 5.06. The zero-order chi connectivity index (χ0) is 8.85. The molecule has 0 bridgehead atoms. The Bertz CT molecular complexity index is 159. The number of thiol groups is 2. The van der Waals surface area contributed by atoms with Gasteiger partial charge in [0.2, 0.25) is 0 Å². The summed E-state index contributed by atoms with van der Waals surface area (Å²) in [7, 11) is 0.